The van der Waals surface area contributed by atoms with Gasteiger partial charge in [0.1, 0.15) is 0 Å². The minimum absolute atomic E-state index is 0.0187. The van der Waals surface area contributed by atoms with E-state index in [0.29, 0.717) is 13.0 Å². The van der Waals surface area contributed by atoms with Crippen LogP contribution in [0.5, 0.6) is 0 Å². The number of hydrogen-bond donors (Lipinski definition) is 3. The van der Waals surface area contributed by atoms with E-state index in [4.69, 9.17) is 0 Å². The summed E-state index contributed by atoms with van der Waals surface area (Å²) >= 11 is 0. The molecule has 1 aromatic carbocycles. The number of carbonyl (C=O) groups excluding carboxylic acids is 1. The van der Waals surface area contributed by atoms with Gasteiger partial charge in [0.25, 0.3) is 0 Å². The summed E-state index contributed by atoms with van der Waals surface area (Å²) in [6.45, 7) is 0.483. The van der Waals surface area contributed by atoms with Crippen LogP contribution in [0.15, 0.2) is 24.3 Å². The number of hydrogen-bond acceptors (Lipinski definition) is 3. The number of amides is 1. The number of rotatable bonds is 4. The number of carbonyl (C=O) groups is 1. The van der Waals surface area contributed by atoms with Crippen LogP contribution in [-0.4, -0.2) is 26.3 Å². The molecule has 0 aliphatic heterocycles. The highest BCUT2D eigenvalue weighted by molar-refractivity contribution is 5.87. The molecule has 3 N–H and O–H groups in total. The molecule has 0 unspecified atom stereocenters. The lowest BCUT2D eigenvalue weighted by Crippen LogP contribution is -2.25. The first-order chi connectivity index (χ1) is 11.8. The number of benzene rings is 1. The maximum atomic E-state index is 12.3. The monoisotopic (exact) mass is 323 g/mol. The standard InChI is InChI=1S/C18H21N5O/c24-18(10-16-12-7-4-5-9-14(12)20-22-16)19-11-17-13-6-2-1-3-8-15(13)21-23-17/h4-5,7,9H,1-3,6,8,10-11H2,(H,19,24)(H,20,22)(H,21,23). The third kappa shape index (κ3) is 2.91. The van der Waals surface area contributed by atoms with Gasteiger partial charge in [0.15, 0.2) is 0 Å². The summed E-state index contributed by atoms with van der Waals surface area (Å²) in [5.41, 5.74) is 5.27. The summed E-state index contributed by atoms with van der Waals surface area (Å²) in [5.74, 6) is -0.0187. The highest BCUT2D eigenvalue weighted by Crippen LogP contribution is 2.21. The quantitative estimate of drug-likeness (QED) is 0.644. The van der Waals surface area contributed by atoms with Gasteiger partial charge in [-0.25, -0.2) is 0 Å². The number of para-hydroxylation sites is 1. The van der Waals surface area contributed by atoms with E-state index in [2.05, 4.69) is 25.7 Å². The number of H-pyrrole nitrogens is 2. The van der Waals surface area contributed by atoms with Crippen molar-refractivity contribution in [3.63, 3.8) is 0 Å². The van der Waals surface area contributed by atoms with Crippen molar-refractivity contribution < 1.29 is 4.79 Å². The van der Waals surface area contributed by atoms with Crippen LogP contribution in [0.3, 0.4) is 0 Å². The topological polar surface area (TPSA) is 86.5 Å². The van der Waals surface area contributed by atoms with Crippen molar-refractivity contribution in [2.24, 2.45) is 0 Å². The number of aromatic amines is 2. The van der Waals surface area contributed by atoms with Gasteiger partial charge in [-0.1, -0.05) is 24.6 Å². The molecule has 1 amide bonds. The largest absolute Gasteiger partial charge is 0.350 e. The molecule has 0 saturated heterocycles. The molecular formula is C18H21N5O. The molecule has 0 atom stereocenters. The summed E-state index contributed by atoms with van der Waals surface area (Å²) in [6.07, 6.45) is 6.11. The third-order valence-electron chi connectivity index (χ3n) is 4.72. The van der Waals surface area contributed by atoms with Crippen LogP contribution in [0.25, 0.3) is 10.9 Å². The van der Waals surface area contributed by atoms with Gasteiger partial charge in [0.2, 0.25) is 5.91 Å². The Balaban J connectivity index is 1.41. The van der Waals surface area contributed by atoms with E-state index in [1.54, 1.807) is 0 Å². The van der Waals surface area contributed by atoms with E-state index in [1.807, 2.05) is 24.3 Å². The van der Waals surface area contributed by atoms with Gasteiger partial charge >= 0.3 is 0 Å². The first kappa shape index (κ1) is 14.9. The minimum Gasteiger partial charge on any atom is -0.350 e. The second-order valence-electron chi connectivity index (χ2n) is 6.36. The lowest BCUT2D eigenvalue weighted by molar-refractivity contribution is -0.120. The summed E-state index contributed by atoms with van der Waals surface area (Å²) in [5, 5.41) is 18.7. The fourth-order valence-electron chi connectivity index (χ4n) is 3.43. The highest BCUT2D eigenvalue weighted by Gasteiger charge is 2.16. The average Bonchev–Trinajstić information content (AvgIpc) is 3.10. The van der Waals surface area contributed by atoms with Crippen molar-refractivity contribution in [3.8, 4) is 0 Å². The van der Waals surface area contributed by atoms with Crippen molar-refractivity contribution in [3.05, 3.63) is 46.9 Å². The predicted molar refractivity (Wildman–Crippen MR) is 91.5 cm³/mol. The van der Waals surface area contributed by atoms with E-state index < -0.39 is 0 Å². The summed E-state index contributed by atoms with van der Waals surface area (Å²) < 4.78 is 0. The maximum Gasteiger partial charge on any atom is 0.226 e. The summed E-state index contributed by atoms with van der Waals surface area (Å²) in [4.78, 5) is 12.3. The summed E-state index contributed by atoms with van der Waals surface area (Å²) in [7, 11) is 0. The van der Waals surface area contributed by atoms with Crippen LogP contribution in [0, 0.1) is 0 Å². The molecule has 0 bridgehead atoms. The number of aromatic nitrogens is 4. The molecule has 6 nitrogen and oxygen atoms in total. The molecule has 3 aromatic rings. The van der Waals surface area contributed by atoms with Crippen LogP contribution >= 0.6 is 0 Å². The molecule has 4 rings (SSSR count). The first-order valence-electron chi connectivity index (χ1n) is 8.55. The number of fused-ring (bicyclic) bond motifs is 2. The minimum atomic E-state index is -0.0187. The molecule has 1 aliphatic rings. The maximum absolute atomic E-state index is 12.3. The Labute approximate surface area is 140 Å². The first-order valence-corrected chi connectivity index (χ1v) is 8.55. The van der Waals surface area contributed by atoms with Crippen LogP contribution in [-0.2, 0) is 30.6 Å². The fraction of sp³-hybridized carbons (Fsp3) is 0.389. The number of aryl methyl sites for hydroxylation is 1. The average molecular weight is 323 g/mol. The molecule has 1 aliphatic carbocycles. The Morgan fingerprint density at radius 2 is 1.96 bits per heavy atom. The van der Waals surface area contributed by atoms with E-state index in [9.17, 15) is 4.79 Å². The van der Waals surface area contributed by atoms with Crippen LogP contribution in [0.1, 0.15) is 41.9 Å². The van der Waals surface area contributed by atoms with Crippen LogP contribution < -0.4 is 5.32 Å². The smallest absolute Gasteiger partial charge is 0.226 e. The molecule has 0 radical (unpaired) electrons. The van der Waals surface area contributed by atoms with Crippen molar-refractivity contribution in [2.75, 3.05) is 0 Å². The Morgan fingerprint density at radius 3 is 2.92 bits per heavy atom. The predicted octanol–water partition coefficient (Wildman–Crippen LogP) is 2.41. The summed E-state index contributed by atoms with van der Waals surface area (Å²) in [6, 6.07) is 7.82. The van der Waals surface area contributed by atoms with Crippen molar-refractivity contribution in [1.82, 2.24) is 25.7 Å². The Morgan fingerprint density at radius 1 is 1.08 bits per heavy atom. The molecule has 24 heavy (non-hydrogen) atoms. The number of nitrogens with one attached hydrogen (secondary N) is 3. The fourth-order valence-corrected chi connectivity index (χ4v) is 3.43. The highest BCUT2D eigenvalue weighted by atomic mass is 16.1. The van der Waals surface area contributed by atoms with E-state index in [1.165, 1.54) is 30.5 Å². The molecular weight excluding hydrogens is 302 g/mol. The third-order valence-corrected chi connectivity index (χ3v) is 4.72. The molecule has 0 spiro atoms. The molecule has 124 valence electrons. The molecule has 6 heteroatoms. The van der Waals surface area contributed by atoms with Gasteiger partial charge < -0.3 is 5.32 Å². The lowest BCUT2D eigenvalue weighted by atomic mass is 10.1. The second kappa shape index (κ2) is 6.47. The van der Waals surface area contributed by atoms with E-state index in [-0.39, 0.29) is 5.91 Å². The van der Waals surface area contributed by atoms with Gasteiger partial charge in [0, 0.05) is 11.1 Å². The van der Waals surface area contributed by atoms with Crippen molar-refractivity contribution >= 4 is 16.8 Å². The van der Waals surface area contributed by atoms with Gasteiger partial charge in [-0.3, -0.25) is 15.0 Å². The van der Waals surface area contributed by atoms with Crippen molar-refractivity contribution in [2.45, 2.75) is 45.1 Å². The van der Waals surface area contributed by atoms with E-state index >= 15 is 0 Å². The second-order valence-corrected chi connectivity index (χ2v) is 6.36. The Hall–Kier alpha value is -2.63. The number of nitrogens with zero attached hydrogens (tertiary/aromatic N) is 2. The molecule has 2 heterocycles. The molecule has 0 fully saturated rings. The zero-order chi connectivity index (χ0) is 16.4. The SMILES string of the molecule is O=C(Cc1[nH]nc2ccccc12)NCc1n[nH]c2c1CCCCC2. The van der Waals surface area contributed by atoms with Gasteiger partial charge in [-0.15, -0.1) is 0 Å². The van der Waals surface area contributed by atoms with Gasteiger partial charge in [-0.05, 0) is 37.3 Å². The lowest BCUT2D eigenvalue weighted by Gasteiger charge is -2.05. The zero-order valence-electron chi connectivity index (χ0n) is 13.6. The van der Waals surface area contributed by atoms with E-state index in [0.717, 1.165) is 35.1 Å². The Kier molecular flexibility index (Phi) is 4.02. The Bertz CT molecular complexity index is 863. The van der Waals surface area contributed by atoms with Crippen LogP contribution in [0.2, 0.25) is 0 Å². The van der Waals surface area contributed by atoms with Gasteiger partial charge in [0.05, 0.1) is 29.9 Å². The molecule has 0 saturated carbocycles. The van der Waals surface area contributed by atoms with Crippen molar-refractivity contribution in [1.29, 1.82) is 0 Å². The van der Waals surface area contributed by atoms with Gasteiger partial charge in [-0.2, -0.15) is 10.2 Å². The molecule has 2 aromatic heterocycles. The normalized spacial score (nSPS) is 14.3. The zero-order valence-corrected chi connectivity index (χ0v) is 13.6. The van der Waals surface area contributed by atoms with Crippen LogP contribution in [0.4, 0.5) is 0 Å².